The predicted molar refractivity (Wildman–Crippen MR) is 105 cm³/mol. The Morgan fingerprint density at radius 1 is 1.19 bits per heavy atom. The Hall–Kier alpha value is -2.49. The van der Waals surface area contributed by atoms with Gasteiger partial charge >= 0.3 is 0 Å². The van der Waals surface area contributed by atoms with Crippen LogP contribution in [-0.2, 0) is 0 Å². The van der Waals surface area contributed by atoms with Gasteiger partial charge < -0.3 is 15.3 Å². The van der Waals surface area contributed by atoms with Gasteiger partial charge in [0.25, 0.3) is 5.56 Å². The number of phenols is 1. The first kappa shape index (κ1) is 15.7. The fourth-order valence-corrected chi connectivity index (χ4v) is 4.90. The number of aromatic nitrogens is 3. The number of rotatable bonds is 2. The maximum Gasteiger partial charge on any atom is 0.259 e. The Labute approximate surface area is 156 Å². The molecule has 1 fully saturated rings. The zero-order chi connectivity index (χ0) is 17.7. The minimum absolute atomic E-state index is 0.0820. The van der Waals surface area contributed by atoms with Crippen LogP contribution in [0.3, 0.4) is 0 Å². The van der Waals surface area contributed by atoms with Gasteiger partial charge in [0.15, 0.2) is 4.96 Å². The van der Waals surface area contributed by atoms with Gasteiger partial charge in [-0.2, -0.15) is 0 Å². The molecule has 4 heterocycles. The van der Waals surface area contributed by atoms with Gasteiger partial charge in [0.2, 0.25) is 0 Å². The molecule has 2 N–H and O–H groups in total. The van der Waals surface area contributed by atoms with Crippen molar-refractivity contribution >= 4 is 42.9 Å². The summed E-state index contributed by atoms with van der Waals surface area (Å²) in [5.41, 5.74) is 3.37. The van der Waals surface area contributed by atoms with Crippen LogP contribution < -0.4 is 15.8 Å². The summed E-state index contributed by atoms with van der Waals surface area (Å²) < 4.78 is 2.53. The Kier molecular flexibility index (Phi) is 3.66. The van der Waals surface area contributed by atoms with Crippen LogP contribution in [-0.4, -0.2) is 45.7 Å². The van der Waals surface area contributed by atoms with Gasteiger partial charge in [0.05, 0.1) is 21.4 Å². The maximum absolute atomic E-state index is 12.6. The third-order valence-corrected chi connectivity index (χ3v) is 6.34. The van der Waals surface area contributed by atoms with E-state index in [0.717, 1.165) is 41.4 Å². The highest BCUT2D eigenvalue weighted by Gasteiger charge is 2.17. The lowest BCUT2D eigenvalue weighted by Crippen LogP contribution is -2.43. The van der Waals surface area contributed by atoms with Crippen molar-refractivity contribution in [1.29, 1.82) is 0 Å². The lowest BCUT2D eigenvalue weighted by molar-refractivity contribution is 0.478. The van der Waals surface area contributed by atoms with E-state index in [2.05, 4.69) is 20.2 Å². The molecule has 9 heteroatoms. The minimum Gasteiger partial charge on any atom is -0.507 e. The van der Waals surface area contributed by atoms with Crippen LogP contribution in [0.1, 0.15) is 0 Å². The van der Waals surface area contributed by atoms with E-state index in [0.29, 0.717) is 16.2 Å². The van der Waals surface area contributed by atoms with Crippen LogP contribution in [0.5, 0.6) is 5.75 Å². The second-order valence-electron chi connectivity index (χ2n) is 6.13. The molecule has 3 aromatic heterocycles. The molecule has 0 atom stereocenters. The zero-order valence-corrected chi connectivity index (χ0v) is 15.3. The van der Waals surface area contributed by atoms with E-state index in [9.17, 15) is 9.90 Å². The van der Waals surface area contributed by atoms with Gasteiger partial charge in [-0.1, -0.05) is 11.3 Å². The van der Waals surface area contributed by atoms with Crippen LogP contribution in [0, 0.1) is 0 Å². The van der Waals surface area contributed by atoms with E-state index in [-0.39, 0.29) is 11.3 Å². The predicted octanol–water partition coefficient (Wildman–Crippen LogP) is 2.15. The molecule has 1 saturated heterocycles. The molecule has 0 aliphatic carbocycles. The second-order valence-corrected chi connectivity index (χ2v) is 8.00. The van der Waals surface area contributed by atoms with E-state index in [1.54, 1.807) is 16.0 Å². The fraction of sp³-hybridized carbons (Fsp3) is 0.235. The molecule has 0 amide bonds. The molecule has 0 spiro atoms. The first-order valence-corrected chi connectivity index (χ1v) is 9.94. The number of nitrogens with zero attached hydrogens (tertiary/aromatic N) is 4. The Morgan fingerprint density at radius 2 is 2.04 bits per heavy atom. The topological polar surface area (TPSA) is 82.8 Å². The number of fused-ring (bicyclic) bond motifs is 2. The smallest absolute Gasteiger partial charge is 0.259 e. The standard InChI is InChI=1S/C17H15N5O2S2/c23-13-6-12-14(25-9-19-12)5-10(13)11-7-15(24)22-8-16(26-17(22)20-11)21-3-1-18-2-4-21/h5-9,18,23H,1-4H2. The van der Waals surface area contributed by atoms with Crippen LogP contribution >= 0.6 is 22.7 Å². The highest BCUT2D eigenvalue weighted by atomic mass is 32.1. The van der Waals surface area contributed by atoms with Crippen molar-refractivity contribution in [3.05, 3.63) is 40.3 Å². The van der Waals surface area contributed by atoms with E-state index >= 15 is 0 Å². The fourth-order valence-electron chi connectivity index (χ4n) is 3.16. The van der Waals surface area contributed by atoms with Crippen LogP contribution in [0.25, 0.3) is 26.4 Å². The Morgan fingerprint density at radius 3 is 2.88 bits per heavy atom. The van der Waals surface area contributed by atoms with Crippen LogP contribution in [0.2, 0.25) is 0 Å². The molecule has 4 aromatic rings. The van der Waals surface area contributed by atoms with E-state index in [1.165, 1.54) is 28.7 Å². The maximum atomic E-state index is 12.6. The van der Waals surface area contributed by atoms with E-state index < -0.39 is 0 Å². The van der Waals surface area contributed by atoms with Gasteiger partial charge in [0, 0.05) is 50.1 Å². The molecule has 1 aliphatic rings. The van der Waals surface area contributed by atoms with Gasteiger partial charge in [-0.05, 0) is 6.07 Å². The number of piperazine rings is 1. The van der Waals surface area contributed by atoms with Crippen molar-refractivity contribution < 1.29 is 5.11 Å². The SMILES string of the molecule is O=c1cc(-c2cc3scnc3cc2O)nc2sc(N3CCNCC3)cn12. The summed E-state index contributed by atoms with van der Waals surface area (Å²) in [6.07, 6.45) is 1.86. The number of benzene rings is 1. The highest BCUT2D eigenvalue weighted by Crippen LogP contribution is 2.34. The summed E-state index contributed by atoms with van der Waals surface area (Å²) in [4.78, 5) is 24.3. The van der Waals surface area contributed by atoms with Crippen molar-refractivity contribution in [2.24, 2.45) is 0 Å². The summed E-state index contributed by atoms with van der Waals surface area (Å²) in [5.74, 6) is 0.0820. The average molecular weight is 385 g/mol. The third kappa shape index (κ3) is 2.56. The van der Waals surface area contributed by atoms with Gasteiger partial charge in [-0.25, -0.2) is 9.97 Å². The molecule has 0 unspecified atom stereocenters. The quantitative estimate of drug-likeness (QED) is 0.550. The molecular weight excluding hydrogens is 370 g/mol. The average Bonchev–Trinajstić information content (AvgIpc) is 3.28. The van der Waals surface area contributed by atoms with Crippen molar-refractivity contribution in [1.82, 2.24) is 19.7 Å². The lowest BCUT2D eigenvalue weighted by atomic mass is 10.1. The monoisotopic (exact) mass is 385 g/mol. The zero-order valence-electron chi connectivity index (χ0n) is 13.7. The Bertz CT molecular complexity index is 1170. The first-order valence-electron chi connectivity index (χ1n) is 8.24. The molecule has 0 saturated carbocycles. The van der Waals surface area contributed by atoms with Crippen LogP contribution in [0.15, 0.2) is 34.7 Å². The molecule has 7 nitrogen and oxygen atoms in total. The van der Waals surface area contributed by atoms with Crippen LogP contribution in [0.4, 0.5) is 5.00 Å². The molecule has 26 heavy (non-hydrogen) atoms. The summed E-state index contributed by atoms with van der Waals surface area (Å²) in [7, 11) is 0. The normalized spacial score (nSPS) is 15.2. The molecule has 132 valence electrons. The van der Waals surface area contributed by atoms with Crippen molar-refractivity contribution in [3.63, 3.8) is 0 Å². The van der Waals surface area contributed by atoms with Crippen molar-refractivity contribution in [2.45, 2.75) is 0 Å². The summed E-state index contributed by atoms with van der Waals surface area (Å²) >= 11 is 2.99. The van der Waals surface area contributed by atoms with E-state index in [1.807, 2.05) is 12.3 Å². The Balaban J connectivity index is 1.64. The third-order valence-electron chi connectivity index (χ3n) is 4.51. The number of hydrogen-bond donors (Lipinski definition) is 2. The first-order chi connectivity index (χ1) is 12.7. The molecule has 1 aliphatic heterocycles. The number of phenolic OH excluding ortho intramolecular Hbond substituents is 1. The largest absolute Gasteiger partial charge is 0.507 e. The molecule has 5 rings (SSSR count). The highest BCUT2D eigenvalue weighted by molar-refractivity contribution is 7.20. The van der Waals surface area contributed by atoms with E-state index in [4.69, 9.17) is 0 Å². The molecule has 0 radical (unpaired) electrons. The number of anilines is 1. The number of hydrogen-bond acceptors (Lipinski definition) is 8. The van der Waals surface area contributed by atoms with Gasteiger partial charge in [-0.3, -0.25) is 9.20 Å². The molecule has 0 bridgehead atoms. The van der Waals surface area contributed by atoms with Gasteiger partial charge in [0.1, 0.15) is 10.8 Å². The van der Waals surface area contributed by atoms with Crippen molar-refractivity contribution in [3.8, 4) is 17.0 Å². The summed E-state index contributed by atoms with van der Waals surface area (Å²) in [6.45, 7) is 3.70. The number of thiazole rings is 2. The second kappa shape index (κ2) is 6.04. The van der Waals surface area contributed by atoms with Crippen molar-refractivity contribution in [2.75, 3.05) is 31.1 Å². The molecular formula is C17H15N5O2S2. The summed E-state index contributed by atoms with van der Waals surface area (Å²) in [5, 5.41) is 14.7. The van der Waals surface area contributed by atoms with Gasteiger partial charge in [-0.15, -0.1) is 11.3 Å². The number of nitrogens with one attached hydrogen (secondary N) is 1. The summed E-state index contributed by atoms with van der Waals surface area (Å²) in [6, 6.07) is 4.93. The molecule has 1 aromatic carbocycles. The number of aromatic hydroxyl groups is 1. The minimum atomic E-state index is -0.147. The lowest BCUT2D eigenvalue weighted by Gasteiger charge is -2.27.